The summed E-state index contributed by atoms with van der Waals surface area (Å²) in [5.74, 6) is 0.00377. The standard InChI is InChI=1S/C10H9ClN2O/c1-2-5-13-6-8-7(10(13)14)3-4-9(11)12-8/h2-4H,1,5-6H2. The van der Waals surface area contributed by atoms with E-state index in [0.29, 0.717) is 23.8 Å². The highest BCUT2D eigenvalue weighted by Gasteiger charge is 2.27. The molecule has 4 heteroatoms. The molecule has 0 aliphatic carbocycles. The number of carbonyl (C=O) groups excluding carboxylic acids is 1. The predicted molar refractivity (Wildman–Crippen MR) is 54.2 cm³/mol. The monoisotopic (exact) mass is 208 g/mol. The Morgan fingerprint density at radius 3 is 3.14 bits per heavy atom. The number of nitrogens with zero attached hydrogens (tertiary/aromatic N) is 2. The summed E-state index contributed by atoms with van der Waals surface area (Å²) >= 11 is 5.73. The molecule has 2 rings (SSSR count). The van der Waals surface area contributed by atoms with Crippen molar-refractivity contribution in [3.63, 3.8) is 0 Å². The number of halogens is 1. The average molecular weight is 209 g/mol. The van der Waals surface area contributed by atoms with Crippen molar-refractivity contribution in [2.45, 2.75) is 6.54 Å². The fourth-order valence-corrected chi connectivity index (χ4v) is 1.68. The highest BCUT2D eigenvalue weighted by atomic mass is 35.5. The third-order valence-corrected chi connectivity index (χ3v) is 2.36. The predicted octanol–water partition coefficient (Wildman–Crippen LogP) is 1.88. The van der Waals surface area contributed by atoms with Crippen LogP contribution >= 0.6 is 11.6 Å². The first-order chi connectivity index (χ1) is 6.72. The van der Waals surface area contributed by atoms with E-state index in [9.17, 15) is 4.79 Å². The zero-order valence-electron chi connectivity index (χ0n) is 7.53. The topological polar surface area (TPSA) is 33.2 Å². The van der Waals surface area contributed by atoms with E-state index in [1.54, 1.807) is 23.1 Å². The van der Waals surface area contributed by atoms with Crippen molar-refractivity contribution in [1.29, 1.82) is 0 Å². The molecule has 0 spiro atoms. The SMILES string of the molecule is C=CCN1Cc2nc(Cl)ccc2C1=O. The van der Waals surface area contributed by atoms with Gasteiger partial charge in [0.15, 0.2) is 0 Å². The number of hydrogen-bond donors (Lipinski definition) is 0. The van der Waals surface area contributed by atoms with Crippen molar-refractivity contribution < 1.29 is 4.79 Å². The average Bonchev–Trinajstić information content (AvgIpc) is 2.44. The van der Waals surface area contributed by atoms with Crippen molar-refractivity contribution in [2.75, 3.05) is 6.54 Å². The summed E-state index contributed by atoms with van der Waals surface area (Å²) in [5.41, 5.74) is 1.40. The van der Waals surface area contributed by atoms with Crippen LogP contribution in [0.25, 0.3) is 0 Å². The van der Waals surface area contributed by atoms with Crippen LogP contribution in [0.4, 0.5) is 0 Å². The Morgan fingerprint density at radius 1 is 1.64 bits per heavy atom. The largest absolute Gasteiger partial charge is 0.329 e. The first-order valence-corrected chi connectivity index (χ1v) is 4.66. The molecule has 14 heavy (non-hydrogen) atoms. The van der Waals surface area contributed by atoms with E-state index in [-0.39, 0.29) is 5.91 Å². The maximum Gasteiger partial charge on any atom is 0.256 e. The minimum atomic E-state index is 0.00377. The molecule has 1 aromatic heterocycles. The molecule has 72 valence electrons. The number of fused-ring (bicyclic) bond motifs is 1. The third kappa shape index (κ3) is 1.40. The quantitative estimate of drug-likeness (QED) is 0.549. The molecule has 1 aliphatic heterocycles. The number of rotatable bonds is 2. The van der Waals surface area contributed by atoms with Crippen LogP contribution in [-0.2, 0) is 6.54 Å². The first-order valence-electron chi connectivity index (χ1n) is 4.28. The molecule has 0 fully saturated rings. The van der Waals surface area contributed by atoms with Crippen LogP contribution in [0.2, 0.25) is 5.15 Å². The lowest BCUT2D eigenvalue weighted by molar-refractivity contribution is 0.0796. The summed E-state index contributed by atoms with van der Waals surface area (Å²) in [4.78, 5) is 17.5. The second kappa shape index (κ2) is 3.42. The summed E-state index contributed by atoms with van der Waals surface area (Å²) in [5, 5.41) is 0.428. The van der Waals surface area contributed by atoms with E-state index < -0.39 is 0 Å². The number of amides is 1. The molecule has 3 nitrogen and oxygen atoms in total. The van der Waals surface area contributed by atoms with Gasteiger partial charge in [0.1, 0.15) is 5.15 Å². The summed E-state index contributed by atoms with van der Waals surface area (Å²) < 4.78 is 0. The van der Waals surface area contributed by atoms with Crippen LogP contribution in [0.1, 0.15) is 16.1 Å². The van der Waals surface area contributed by atoms with Crippen LogP contribution in [0.5, 0.6) is 0 Å². The maximum absolute atomic E-state index is 11.7. The molecular weight excluding hydrogens is 200 g/mol. The summed E-state index contributed by atoms with van der Waals surface area (Å²) in [6, 6.07) is 3.35. The third-order valence-electron chi connectivity index (χ3n) is 2.15. The van der Waals surface area contributed by atoms with Gasteiger partial charge in [-0.05, 0) is 12.1 Å². The van der Waals surface area contributed by atoms with Gasteiger partial charge in [0.2, 0.25) is 0 Å². The molecule has 0 bridgehead atoms. The molecule has 0 unspecified atom stereocenters. The van der Waals surface area contributed by atoms with E-state index in [1.807, 2.05) is 0 Å². The number of aromatic nitrogens is 1. The van der Waals surface area contributed by atoms with Gasteiger partial charge in [-0.1, -0.05) is 17.7 Å². The van der Waals surface area contributed by atoms with Crippen molar-refractivity contribution in [3.05, 3.63) is 41.2 Å². The van der Waals surface area contributed by atoms with E-state index in [4.69, 9.17) is 11.6 Å². The van der Waals surface area contributed by atoms with E-state index in [2.05, 4.69) is 11.6 Å². The maximum atomic E-state index is 11.7. The molecule has 0 saturated carbocycles. The molecule has 2 heterocycles. The Balaban J connectivity index is 2.35. The fraction of sp³-hybridized carbons (Fsp3) is 0.200. The number of carbonyl (C=O) groups is 1. The highest BCUT2D eigenvalue weighted by Crippen LogP contribution is 2.22. The molecule has 0 N–H and O–H groups in total. The number of hydrogen-bond acceptors (Lipinski definition) is 2. The van der Waals surface area contributed by atoms with Crippen LogP contribution in [0, 0.1) is 0 Å². The van der Waals surface area contributed by atoms with Gasteiger partial charge in [0.05, 0.1) is 17.8 Å². The zero-order valence-corrected chi connectivity index (χ0v) is 8.29. The smallest absolute Gasteiger partial charge is 0.256 e. The lowest BCUT2D eigenvalue weighted by Crippen LogP contribution is -2.23. The van der Waals surface area contributed by atoms with Crippen LogP contribution in [0.15, 0.2) is 24.8 Å². The molecule has 1 aromatic rings. The van der Waals surface area contributed by atoms with E-state index in [0.717, 1.165) is 5.69 Å². The van der Waals surface area contributed by atoms with Gasteiger partial charge < -0.3 is 4.90 Å². The van der Waals surface area contributed by atoms with Crippen LogP contribution < -0.4 is 0 Å². The highest BCUT2D eigenvalue weighted by molar-refractivity contribution is 6.29. The van der Waals surface area contributed by atoms with E-state index in [1.165, 1.54) is 0 Å². The molecule has 0 saturated heterocycles. The molecule has 0 radical (unpaired) electrons. The minimum Gasteiger partial charge on any atom is -0.329 e. The van der Waals surface area contributed by atoms with Crippen molar-refractivity contribution in [3.8, 4) is 0 Å². The molecule has 1 aliphatic rings. The Morgan fingerprint density at radius 2 is 2.43 bits per heavy atom. The lowest BCUT2D eigenvalue weighted by Gasteiger charge is -2.11. The first kappa shape index (κ1) is 9.21. The summed E-state index contributed by atoms with van der Waals surface area (Å²) in [6.07, 6.45) is 1.70. The lowest BCUT2D eigenvalue weighted by atomic mass is 10.2. The Hall–Kier alpha value is -1.35. The van der Waals surface area contributed by atoms with Crippen LogP contribution in [0.3, 0.4) is 0 Å². The Labute approximate surface area is 87.0 Å². The van der Waals surface area contributed by atoms with Gasteiger partial charge in [-0.25, -0.2) is 4.98 Å². The molecule has 1 amide bonds. The Bertz CT molecular complexity index is 403. The van der Waals surface area contributed by atoms with Gasteiger partial charge >= 0.3 is 0 Å². The number of pyridine rings is 1. The van der Waals surface area contributed by atoms with Gasteiger partial charge in [-0.3, -0.25) is 4.79 Å². The second-order valence-electron chi connectivity index (χ2n) is 3.10. The van der Waals surface area contributed by atoms with Gasteiger partial charge in [0, 0.05) is 6.54 Å². The van der Waals surface area contributed by atoms with Crippen LogP contribution in [-0.4, -0.2) is 22.3 Å². The van der Waals surface area contributed by atoms with Crippen molar-refractivity contribution >= 4 is 17.5 Å². The van der Waals surface area contributed by atoms with Gasteiger partial charge in [-0.2, -0.15) is 0 Å². The Kier molecular flexibility index (Phi) is 2.25. The molecule has 0 aromatic carbocycles. The van der Waals surface area contributed by atoms with Gasteiger partial charge in [-0.15, -0.1) is 6.58 Å². The normalized spacial score (nSPS) is 14.4. The van der Waals surface area contributed by atoms with E-state index >= 15 is 0 Å². The molecular formula is C10H9ClN2O. The van der Waals surface area contributed by atoms with Crippen molar-refractivity contribution in [1.82, 2.24) is 9.88 Å². The van der Waals surface area contributed by atoms with Gasteiger partial charge in [0.25, 0.3) is 5.91 Å². The second-order valence-corrected chi connectivity index (χ2v) is 3.49. The summed E-state index contributed by atoms with van der Waals surface area (Å²) in [6.45, 7) is 4.68. The zero-order chi connectivity index (χ0) is 10.1. The minimum absolute atomic E-state index is 0.00377. The summed E-state index contributed by atoms with van der Waals surface area (Å²) in [7, 11) is 0. The van der Waals surface area contributed by atoms with Crippen molar-refractivity contribution in [2.24, 2.45) is 0 Å². The molecule has 0 atom stereocenters. The fourth-order valence-electron chi connectivity index (χ4n) is 1.52.